The minimum Gasteiger partial charge on any atom is -0.407 e. The molecule has 1 aliphatic carbocycles. The highest BCUT2D eigenvalue weighted by Crippen LogP contribution is 2.39. The van der Waals surface area contributed by atoms with E-state index >= 15 is 0 Å². The third-order valence-electron chi connectivity index (χ3n) is 3.14. The lowest BCUT2D eigenvalue weighted by atomic mass is 10.2. The number of nitrogens with one attached hydrogen (secondary N) is 1. The molecule has 1 aromatic heterocycles. The average Bonchev–Trinajstić information content (AvgIpc) is 3.20. The van der Waals surface area contributed by atoms with E-state index in [0.29, 0.717) is 11.5 Å². The molecule has 0 saturated heterocycles. The van der Waals surface area contributed by atoms with E-state index in [0.717, 1.165) is 12.8 Å². The Morgan fingerprint density at radius 3 is 2.76 bits per heavy atom. The van der Waals surface area contributed by atoms with E-state index in [4.69, 9.17) is 4.42 Å². The topological polar surface area (TPSA) is 102 Å². The molecule has 3 rings (SSSR count). The fourth-order valence-electron chi connectivity index (χ4n) is 1.83. The highest BCUT2D eigenvalue weighted by atomic mass is 32.2. The first kappa shape index (κ1) is 13.7. The van der Waals surface area contributed by atoms with Gasteiger partial charge in [0.05, 0.1) is 4.90 Å². The molecular formula is C13H13N3O4S. The van der Waals surface area contributed by atoms with Crippen LogP contribution in [0.3, 0.4) is 0 Å². The van der Waals surface area contributed by atoms with Crippen molar-refractivity contribution in [3.63, 3.8) is 0 Å². The molecule has 2 aromatic rings. The fraction of sp³-hybridized carbons (Fsp3) is 0.308. The number of carbonyl (C=O) groups is 1. The molecule has 0 spiro atoms. The second-order valence-electron chi connectivity index (χ2n) is 4.91. The van der Waals surface area contributed by atoms with Crippen molar-refractivity contribution in [2.45, 2.75) is 30.6 Å². The van der Waals surface area contributed by atoms with Crippen LogP contribution in [0.4, 0.5) is 6.01 Å². The number of hydrogen-bond donors (Lipinski definition) is 1. The van der Waals surface area contributed by atoms with Crippen molar-refractivity contribution >= 4 is 21.8 Å². The summed E-state index contributed by atoms with van der Waals surface area (Å²) in [5.74, 6) is 0.489. The minimum atomic E-state index is -3.86. The summed E-state index contributed by atoms with van der Waals surface area (Å²) in [5, 5.41) is 7.48. The van der Waals surface area contributed by atoms with Gasteiger partial charge in [-0.2, -0.15) is 0 Å². The summed E-state index contributed by atoms with van der Waals surface area (Å²) in [6.07, 6.45) is 1.96. The number of Topliss-reactive ketones (excluding diaryl/α,β-unsaturated/α-hetero) is 1. The van der Waals surface area contributed by atoms with Gasteiger partial charge < -0.3 is 4.42 Å². The first-order chi connectivity index (χ1) is 9.95. The molecule has 1 N–H and O–H groups in total. The maximum absolute atomic E-state index is 12.2. The van der Waals surface area contributed by atoms with Crippen LogP contribution < -0.4 is 4.72 Å². The molecule has 0 bridgehead atoms. The van der Waals surface area contributed by atoms with Crippen molar-refractivity contribution < 1.29 is 17.6 Å². The number of benzene rings is 1. The molecule has 0 unspecified atom stereocenters. The van der Waals surface area contributed by atoms with Gasteiger partial charge in [0.1, 0.15) is 0 Å². The van der Waals surface area contributed by atoms with Crippen LogP contribution in [0.5, 0.6) is 0 Å². The first-order valence-corrected chi connectivity index (χ1v) is 7.91. The van der Waals surface area contributed by atoms with Gasteiger partial charge in [-0.3, -0.25) is 4.79 Å². The van der Waals surface area contributed by atoms with Gasteiger partial charge in [0.2, 0.25) is 5.89 Å². The van der Waals surface area contributed by atoms with Crippen molar-refractivity contribution in [2.24, 2.45) is 0 Å². The number of nitrogens with zero attached hydrogens (tertiary/aromatic N) is 2. The average molecular weight is 307 g/mol. The Bertz CT molecular complexity index is 793. The largest absolute Gasteiger partial charge is 0.407 e. The fourth-order valence-corrected chi connectivity index (χ4v) is 2.80. The summed E-state index contributed by atoms with van der Waals surface area (Å²) in [6, 6.07) is 5.61. The van der Waals surface area contributed by atoms with E-state index in [9.17, 15) is 13.2 Å². The maximum Gasteiger partial charge on any atom is 0.329 e. The van der Waals surface area contributed by atoms with Crippen LogP contribution in [0.25, 0.3) is 0 Å². The predicted molar refractivity (Wildman–Crippen MR) is 73.5 cm³/mol. The van der Waals surface area contributed by atoms with E-state index in [2.05, 4.69) is 14.9 Å². The Kier molecular flexibility index (Phi) is 3.25. The van der Waals surface area contributed by atoms with Crippen LogP contribution >= 0.6 is 0 Å². The molecule has 1 fully saturated rings. The zero-order valence-corrected chi connectivity index (χ0v) is 12.1. The third-order valence-corrected chi connectivity index (χ3v) is 4.46. The van der Waals surface area contributed by atoms with Crippen molar-refractivity contribution in [1.29, 1.82) is 0 Å². The number of rotatable bonds is 5. The summed E-state index contributed by atoms with van der Waals surface area (Å²) in [7, 11) is -3.86. The zero-order valence-electron chi connectivity index (χ0n) is 11.2. The Labute approximate surface area is 121 Å². The molecular weight excluding hydrogens is 294 g/mol. The van der Waals surface area contributed by atoms with Gasteiger partial charge in [-0.05, 0) is 31.9 Å². The molecule has 8 heteroatoms. The normalized spacial score (nSPS) is 14.9. The van der Waals surface area contributed by atoms with E-state index in [1.807, 2.05) is 0 Å². The SMILES string of the molecule is CC(=O)c1cccc(S(=O)(=O)Nc2nnc(C3CC3)o2)c1. The first-order valence-electron chi connectivity index (χ1n) is 6.43. The monoisotopic (exact) mass is 307 g/mol. The molecule has 1 heterocycles. The zero-order chi connectivity index (χ0) is 15.0. The van der Waals surface area contributed by atoms with Gasteiger partial charge in [-0.15, -0.1) is 5.10 Å². The Balaban J connectivity index is 1.85. The quantitative estimate of drug-likeness (QED) is 0.847. The lowest BCUT2D eigenvalue weighted by Crippen LogP contribution is -2.13. The van der Waals surface area contributed by atoms with Gasteiger partial charge in [0.15, 0.2) is 5.78 Å². The van der Waals surface area contributed by atoms with Crippen LogP contribution in [0, 0.1) is 0 Å². The van der Waals surface area contributed by atoms with Crippen LogP contribution in [0.2, 0.25) is 0 Å². The minimum absolute atomic E-state index is 0.0265. The summed E-state index contributed by atoms with van der Waals surface area (Å²) in [4.78, 5) is 11.3. The molecule has 0 amide bonds. The van der Waals surface area contributed by atoms with E-state index in [1.54, 1.807) is 6.07 Å². The predicted octanol–water partition coefficient (Wildman–Crippen LogP) is 1.95. The molecule has 1 saturated carbocycles. The number of carbonyl (C=O) groups excluding carboxylic acids is 1. The second-order valence-corrected chi connectivity index (χ2v) is 6.59. The highest BCUT2D eigenvalue weighted by molar-refractivity contribution is 7.92. The van der Waals surface area contributed by atoms with Gasteiger partial charge in [-0.25, -0.2) is 13.1 Å². The Hall–Kier alpha value is -2.22. The Morgan fingerprint density at radius 2 is 2.10 bits per heavy atom. The third kappa shape index (κ3) is 2.94. The number of hydrogen-bond acceptors (Lipinski definition) is 6. The lowest BCUT2D eigenvalue weighted by molar-refractivity contribution is 0.101. The Morgan fingerprint density at radius 1 is 1.33 bits per heavy atom. The standard InChI is InChI=1S/C13H13N3O4S/c1-8(17)10-3-2-4-11(7-10)21(18,19)16-13-15-14-12(20-13)9-5-6-9/h2-4,7,9H,5-6H2,1H3,(H,15,16). The van der Waals surface area contributed by atoms with Crippen molar-refractivity contribution in [1.82, 2.24) is 10.2 Å². The summed E-state index contributed by atoms with van der Waals surface area (Å²) < 4.78 is 31.9. The van der Waals surface area contributed by atoms with Crippen LogP contribution in [-0.4, -0.2) is 24.4 Å². The van der Waals surface area contributed by atoms with Crippen LogP contribution in [0.15, 0.2) is 33.6 Å². The van der Waals surface area contributed by atoms with Crippen LogP contribution in [0.1, 0.15) is 41.9 Å². The molecule has 0 aliphatic heterocycles. The molecule has 1 aliphatic rings. The van der Waals surface area contributed by atoms with Gasteiger partial charge >= 0.3 is 6.01 Å². The molecule has 1 aromatic carbocycles. The van der Waals surface area contributed by atoms with E-state index < -0.39 is 10.0 Å². The summed E-state index contributed by atoms with van der Waals surface area (Å²) in [5.41, 5.74) is 0.321. The molecule has 21 heavy (non-hydrogen) atoms. The van der Waals surface area contributed by atoms with Gasteiger partial charge in [0.25, 0.3) is 10.0 Å². The number of anilines is 1. The maximum atomic E-state index is 12.2. The van der Waals surface area contributed by atoms with Crippen molar-refractivity contribution in [3.8, 4) is 0 Å². The summed E-state index contributed by atoms with van der Waals surface area (Å²) in [6.45, 7) is 1.37. The van der Waals surface area contributed by atoms with Crippen molar-refractivity contribution in [2.75, 3.05) is 4.72 Å². The lowest BCUT2D eigenvalue weighted by Gasteiger charge is -2.05. The van der Waals surface area contributed by atoms with Crippen molar-refractivity contribution in [3.05, 3.63) is 35.7 Å². The molecule has 0 radical (unpaired) electrons. The number of sulfonamides is 1. The number of aromatic nitrogens is 2. The van der Waals surface area contributed by atoms with Crippen LogP contribution in [-0.2, 0) is 10.0 Å². The summed E-state index contributed by atoms with van der Waals surface area (Å²) >= 11 is 0. The van der Waals surface area contributed by atoms with Gasteiger partial charge in [-0.1, -0.05) is 17.2 Å². The smallest absolute Gasteiger partial charge is 0.329 e. The van der Waals surface area contributed by atoms with Gasteiger partial charge in [0, 0.05) is 11.5 Å². The highest BCUT2D eigenvalue weighted by Gasteiger charge is 2.30. The molecule has 0 atom stereocenters. The van der Waals surface area contributed by atoms with E-state index in [1.165, 1.54) is 25.1 Å². The molecule has 7 nitrogen and oxygen atoms in total. The molecule has 110 valence electrons. The number of ketones is 1. The second kappa shape index (κ2) is 4.96. The van der Waals surface area contributed by atoms with E-state index in [-0.39, 0.29) is 22.6 Å².